The summed E-state index contributed by atoms with van der Waals surface area (Å²) in [5.41, 5.74) is 1.13. The van der Waals surface area contributed by atoms with Gasteiger partial charge in [0.05, 0.1) is 15.9 Å². The van der Waals surface area contributed by atoms with Gasteiger partial charge in [-0.15, -0.1) is 23.7 Å². The molecule has 1 saturated heterocycles. The lowest BCUT2D eigenvalue weighted by Gasteiger charge is -2.16. The van der Waals surface area contributed by atoms with Gasteiger partial charge in [-0.05, 0) is 40.0 Å². The predicted octanol–water partition coefficient (Wildman–Crippen LogP) is 2.33. The van der Waals surface area contributed by atoms with Crippen molar-refractivity contribution in [1.29, 1.82) is 0 Å². The maximum Gasteiger partial charge on any atom is 0.225 e. The average Bonchev–Trinajstić information content (AvgIpc) is 3.19. The molecule has 0 spiro atoms. The number of halogens is 2. The zero-order chi connectivity index (χ0) is 15.5. The molecule has 2 atom stereocenters. The first-order chi connectivity index (χ1) is 10.6. The number of rotatable bonds is 5. The minimum Gasteiger partial charge on any atom is -0.355 e. The third kappa shape index (κ3) is 4.56. The quantitative estimate of drug-likeness (QED) is 0.782. The highest BCUT2D eigenvalue weighted by Gasteiger charge is 2.34. The van der Waals surface area contributed by atoms with Crippen molar-refractivity contribution in [3.8, 4) is 0 Å². The van der Waals surface area contributed by atoms with Crippen LogP contribution in [0.15, 0.2) is 28.3 Å². The summed E-state index contributed by atoms with van der Waals surface area (Å²) >= 11 is 5.17. The zero-order valence-electron chi connectivity index (χ0n) is 12.8. The molecule has 3 heterocycles. The van der Waals surface area contributed by atoms with E-state index in [1.165, 1.54) is 4.88 Å². The number of carbonyl (C=O) groups is 1. The lowest BCUT2D eigenvalue weighted by atomic mass is 9.90. The smallest absolute Gasteiger partial charge is 0.225 e. The molecule has 126 valence electrons. The molecule has 0 unspecified atom stereocenters. The molecular formula is C15H20BrClN4OS. The highest BCUT2D eigenvalue weighted by molar-refractivity contribution is 9.11. The number of amides is 1. The Labute approximate surface area is 154 Å². The average molecular weight is 420 g/mol. The van der Waals surface area contributed by atoms with Gasteiger partial charge in [0.1, 0.15) is 0 Å². The molecule has 8 heteroatoms. The van der Waals surface area contributed by atoms with Gasteiger partial charge < -0.3 is 10.6 Å². The van der Waals surface area contributed by atoms with Crippen molar-refractivity contribution in [1.82, 2.24) is 20.4 Å². The Morgan fingerprint density at radius 3 is 3.00 bits per heavy atom. The Morgan fingerprint density at radius 1 is 1.52 bits per heavy atom. The molecule has 2 aromatic rings. The minimum absolute atomic E-state index is 0. The van der Waals surface area contributed by atoms with Gasteiger partial charge in [0.2, 0.25) is 5.91 Å². The number of nitrogens with one attached hydrogen (secondary N) is 2. The highest BCUT2D eigenvalue weighted by atomic mass is 79.9. The van der Waals surface area contributed by atoms with Crippen molar-refractivity contribution in [2.75, 3.05) is 19.6 Å². The summed E-state index contributed by atoms with van der Waals surface area (Å²) in [5.74, 6) is 0.332. The van der Waals surface area contributed by atoms with Crippen LogP contribution in [0, 0.1) is 5.92 Å². The van der Waals surface area contributed by atoms with Crippen LogP contribution in [0.1, 0.15) is 16.4 Å². The number of aryl methyl sites for hydroxylation is 1. The molecular weight excluding hydrogens is 400 g/mol. The molecule has 0 bridgehead atoms. The summed E-state index contributed by atoms with van der Waals surface area (Å²) in [6, 6.07) is 4.14. The van der Waals surface area contributed by atoms with Crippen LogP contribution < -0.4 is 10.6 Å². The molecule has 1 aliphatic heterocycles. The fourth-order valence-electron chi connectivity index (χ4n) is 2.86. The first-order valence-corrected chi connectivity index (χ1v) is 8.95. The van der Waals surface area contributed by atoms with E-state index in [1.807, 2.05) is 25.5 Å². The van der Waals surface area contributed by atoms with Gasteiger partial charge >= 0.3 is 0 Å². The second kappa shape index (κ2) is 8.28. The van der Waals surface area contributed by atoms with E-state index < -0.39 is 0 Å². The molecule has 1 amide bonds. The Hall–Kier alpha value is -0.890. The van der Waals surface area contributed by atoms with Crippen molar-refractivity contribution in [3.63, 3.8) is 0 Å². The number of hydrogen-bond donors (Lipinski definition) is 2. The summed E-state index contributed by atoms with van der Waals surface area (Å²) in [6.45, 7) is 2.25. The first kappa shape index (κ1) is 18.4. The third-order valence-electron chi connectivity index (χ3n) is 4.00. The first-order valence-electron chi connectivity index (χ1n) is 7.34. The van der Waals surface area contributed by atoms with Gasteiger partial charge in [-0.3, -0.25) is 9.48 Å². The molecule has 3 rings (SSSR count). The van der Waals surface area contributed by atoms with Crippen LogP contribution in [-0.2, 0) is 18.3 Å². The summed E-state index contributed by atoms with van der Waals surface area (Å²) in [6.07, 6.45) is 4.74. The molecule has 0 saturated carbocycles. The minimum atomic E-state index is -0.0146. The number of hydrogen-bond acceptors (Lipinski definition) is 4. The molecule has 0 aromatic carbocycles. The van der Waals surface area contributed by atoms with Gasteiger partial charge in [0, 0.05) is 43.7 Å². The molecule has 5 nitrogen and oxygen atoms in total. The SMILES string of the molecule is Cl.Cn1cc([C@H]2CNC[C@@H]2C(=O)NCCc2ccc(Br)s2)cn1. The topological polar surface area (TPSA) is 59.0 Å². The van der Waals surface area contributed by atoms with Crippen LogP contribution in [0.5, 0.6) is 0 Å². The molecule has 1 aliphatic rings. The fraction of sp³-hybridized carbons (Fsp3) is 0.467. The van der Waals surface area contributed by atoms with E-state index in [1.54, 1.807) is 16.0 Å². The summed E-state index contributed by atoms with van der Waals surface area (Å²) in [7, 11) is 1.90. The number of thiophene rings is 1. The maximum atomic E-state index is 12.4. The summed E-state index contributed by atoms with van der Waals surface area (Å²) in [5, 5.41) is 10.6. The molecule has 0 radical (unpaired) electrons. The standard InChI is InChI=1S/C15H19BrN4OS.ClH/c1-20-9-10(6-19-20)12-7-17-8-13(12)15(21)18-5-4-11-2-3-14(16)22-11;/h2-3,6,9,12-13,17H,4-5,7-8H2,1H3,(H,18,21);1H/t12-,13+;/m1./s1. The van der Waals surface area contributed by atoms with E-state index in [4.69, 9.17) is 0 Å². The van der Waals surface area contributed by atoms with E-state index in [9.17, 15) is 4.79 Å². The molecule has 2 aromatic heterocycles. The van der Waals surface area contributed by atoms with Crippen LogP contribution in [0.25, 0.3) is 0 Å². The molecule has 0 aliphatic carbocycles. The molecule has 2 N–H and O–H groups in total. The van der Waals surface area contributed by atoms with Crippen LogP contribution >= 0.6 is 39.7 Å². The third-order valence-corrected chi connectivity index (χ3v) is 5.69. The van der Waals surface area contributed by atoms with Crippen molar-refractivity contribution >= 4 is 45.6 Å². The van der Waals surface area contributed by atoms with E-state index in [0.717, 1.165) is 28.9 Å². The van der Waals surface area contributed by atoms with Gasteiger partial charge in [0.25, 0.3) is 0 Å². The van der Waals surface area contributed by atoms with Crippen molar-refractivity contribution in [3.05, 3.63) is 38.8 Å². The Morgan fingerprint density at radius 2 is 2.35 bits per heavy atom. The molecule has 1 fully saturated rings. The summed E-state index contributed by atoms with van der Waals surface area (Å²) < 4.78 is 2.92. The predicted molar refractivity (Wildman–Crippen MR) is 98.3 cm³/mol. The fourth-order valence-corrected chi connectivity index (χ4v) is 4.34. The number of carbonyl (C=O) groups excluding carboxylic acids is 1. The summed E-state index contributed by atoms with van der Waals surface area (Å²) in [4.78, 5) is 13.7. The van der Waals surface area contributed by atoms with Crippen LogP contribution in [-0.4, -0.2) is 35.3 Å². The Kier molecular flexibility index (Phi) is 6.64. The van der Waals surface area contributed by atoms with Crippen molar-refractivity contribution < 1.29 is 4.79 Å². The second-order valence-corrected chi connectivity index (χ2v) is 8.11. The largest absolute Gasteiger partial charge is 0.355 e. The van der Waals surface area contributed by atoms with Crippen molar-refractivity contribution in [2.45, 2.75) is 12.3 Å². The van der Waals surface area contributed by atoms with Crippen LogP contribution in [0.2, 0.25) is 0 Å². The zero-order valence-corrected chi connectivity index (χ0v) is 16.0. The Balaban J connectivity index is 0.00000192. The maximum absolute atomic E-state index is 12.4. The lowest BCUT2D eigenvalue weighted by molar-refractivity contribution is -0.124. The van der Waals surface area contributed by atoms with Gasteiger partial charge in [-0.1, -0.05) is 0 Å². The highest BCUT2D eigenvalue weighted by Crippen LogP contribution is 2.28. The van der Waals surface area contributed by atoms with Gasteiger partial charge in [0.15, 0.2) is 0 Å². The van der Waals surface area contributed by atoms with E-state index >= 15 is 0 Å². The van der Waals surface area contributed by atoms with E-state index in [-0.39, 0.29) is 30.2 Å². The number of nitrogens with zero attached hydrogens (tertiary/aromatic N) is 2. The van der Waals surface area contributed by atoms with Crippen molar-refractivity contribution in [2.24, 2.45) is 13.0 Å². The van der Waals surface area contributed by atoms with Gasteiger partial charge in [-0.25, -0.2) is 0 Å². The van der Waals surface area contributed by atoms with Gasteiger partial charge in [-0.2, -0.15) is 5.10 Å². The Bertz CT molecular complexity index is 659. The van der Waals surface area contributed by atoms with E-state index in [2.05, 4.69) is 37.7 Å². The second-order valence-electron chi connectivity index (χ2n) is 5.57. The van der Waals surface area contributed by atoms with Crippen LogP contribution in [0.3, 0.4) is 0 Å². The van der Waals surface area contributed by atoms with E-state index in [0.29, 0.717) is 6.54 Å². The lowest BCUT2D eigenvalue weighted by Crippen LogP contribution is -2.35. The number of aromatic nitrogens is 2. The normalized spacial score (nSPS) is 20.3. The monoisotopic (exact) mass is 418 g/mol. The molecule has 23 heavy (non-hydrogen) atoms. The van der Waals surface area contributed by atoms with Crippen LogP contribution in [0.4, 0.5) is 0 Å².